The highest BCUT2D eigenvalue weighted by atomic mass is 32.1. The summed E-state index contributed by atoms with van der Waals surface area (Å²) in [7, 11) is 1.57. The Bertz CT molecular complexity index is 1330. The number of amides is 1. The van der Waals surface area contributed by atoms with Crippen LogP contribution in [0.1, 0.15) is 11.3 Å². The van der Waals surface area contributed by atoms with Crippen molar-refractivity contribution in [3.8, 4) is 5.75 Å². The third kappa shape index (κ3) is 4.71. The van der Waals surface area contributed by atoms with Crippen molar-refractivity contribution in [2.24, 2.45) is 5.10 Å². The molecule has 0 fully saturated rings. The van der Waals surface area contributed by atoms with Gasteiger partial charge in [-0.3, -0.25) is 14.9 Å². The Morgan fingerprint density at radius 1 is 1.22 bits per heavy atom. The van der Waals surface area contributed by atoms with Gasteiger partial charge in [-0.05, 0) is 35.9 Å². The molecule has 0 unspecified atom stereocenters. The van der Waals surface area contributed by atoms with Crippen molar-refractivity contribution in [2.45, 2.75) is 0 Å². The minimum absolute atomic E-state index is 0.129. The number of fused-ring (bicyclic) bond motifs is 1. The number of carbonyl (C=O) groups excluding carboxylic acids is 1. The summed E-state index contributed by atoms with van der Waals surface area (Å²) in [5, 5.41) is 16.5. The summed E-state index contributed by atoms with van der Waals surface area (Å²) in [6, 6.07) is 17.3. The molecular weight excluding hydrogens is 432 g/mol. The summed E-state index contributed by atoms with van der Waals surface area (Å²) in [6.45, 7) is 0. The maximum Gasteiger partial charge on any atom is 0.433 e. The number of anilines is 1. The highest BCUT2D eigenvalue weighted by Crippen LogP contribution is 2.32. The Kier molecular flexibility index (Phi) is 6.04. The average molecular weight is 448 g/mol. The van der Waals surface area contributed by atoms with Gasteiger partial charge >= 0.3 is 5.88 Å². The molecule has 0 atom stereocenters. The van der Waals surface area contributed by atoms with E-state index in [1.54, 1.807) is 25.3 Å². The van der Waals surface area contributed by atoms with Crippen molar-refractivity contribution >= 4 is 50.8 Å². The minimum atomic E-state index is -0.649. The van der Waals surface area contributed by atoms with Gasteiger partial charge in [-0.1, -0.05) is 41.7 Å². The van der Waals surface area contributed by atoms with Crippen molar-refractivity contribution in [2.75, 3.05) is 12.1 Å². The number of furan rings is 1. The van der Waals surface area contributed by atoms with Gasteiger partial charge in [-0.2, -0.15) is 10.1 Å². The van der Waals surface area contributed by atoms with Crippen molar-refractivity contribution in [3.63, 3.8) is 0 Å². The molecule has 0 aliphatic carbocycles. The first-order chi connectivity index (χ1) is 15.5. The Morgan fingerprint density at radius 3 is 2.75 bits per heavy atom. The Labute approximate surface area is 186 Å². The summed E-state index contributed by atoms with van der Waals surface area (Å²) in [6.07, 6.45) is 4.27. The molecule has 0 N–H and O–H groups in total. The third-order valence-corrected chi connectivity index (χ3v) is 5.28. The van der Waals surface area contributed by atoms with Crippen LogP contribution in [-0.4, -0.2) is 29.1 Å². The number of carbonyl (C=O) groups is 1. The lowest BCUT2D eigenvalue weighted by molar-refractivity contribution is -0.402. The SMILES string of the molecule is COc1ccc2nc(N(/N=C/c3ccc([N+](=O)[O-])o3)C(=O)/C=C/c3ccccc3)sc2c1. The maximum absolute atomic E-state index is 13.0. The molecule has 2 heterocycles. The van der Waals surface area contributed by atoms with Crippen molar-refractivity contribution in [1.82, 2.24) is 4.98 Å². The van der Waals surface area contributed by atoms with E-state index in [0.29, 0.717) is 16.4 Å². The molecule has 2 aromatic carbocycles. The predicted molar refractivity (Wildman–Crippen MR) is 122 cm³/mol. The largest absolute Gasteiger partial charge is 0.497 e. The van der Waals surface area contributed by atoms with Gasteiger partial charge in [-0.15, -0.1) is 0 Å². The van der Waals surface area contributed by atoms with E-state index >= 15 is 0 Å². The number of ether oxygens (including phenoxy) is 1. The number of aromatic nitrogens is 1. The van der Waals surface area contributed by atoms with E-state index in [1.807, 2.05) is 36.4 Å². The number of hydrogen-bond donors (Lipinski definition) is 0. The molecule has 160 valence electrons. The van der Waals surface area contributed by atoms with Crippen LogP contribution in [0, 0.1) is 10.1 Å². The van der Waals surface area contributed by atoms with E-state index in [4.69, 9.17) is 9.15 Å². The normalized spacial score (nSPS) is 11.4. The number of benzene rings is 2. The number of methoxy groups -OCH3 is 1. The number of rotatable bonds is 7. The van der Waals surface area contributed by atoms with E-state index in [1.165, 1.54) is 35.8 Å². The molecule has 4 rings (SSSR count). The fourth-order valence-corrected chi connectivity index (χ4v) is 3.70. The molecule has 0 aliphatic heterocycles. The van der Waals surface area contributed by atoms with Crippen LogP contribution in [0.3, 0.4) is 0 Å². The Hall–Kier alpha value is -4.31. The van der Waals surface area contributed by atoms with Gasteiger partial charge in [0.15, 0.2) is 5.76 Å². The lowest BCUT2D eigenvalue weighted by Crippen LogP contribution is -2.23. The molecule has 0 radical (unpaired) electrons. The van der Waals surface area contributed by atoms with Crippen LogP contribution >= 0.6 is 11.3 Å². The summed E-state index contributed by atoms with van der Waals surface area (Å²) in [5.41, 5.74) is 1.53. The van der Waals surface area contributed by atoms with E-state index in [0.717, 1.165) is 15.3 Å². The first-order valence-electron chi connectivity index (χ1n) is 9.33. The van der Waals surface area contributed by atoms with Gasteiger partial charge < -0.3 is 9.15 Å². The van der Waals surface area contributed by atoms with Gasteiger partial charge in [0.2, 0.25) is 5.13 Å². The number of nitro groups is 1. The lowest BCUT2D eigenvalue weighted by Gasteiger charge is -2.10. The maximum atomic E-state index is 13.0. The second-order valence-electron chi connectivity index (χ2n) is 6.40. The molecule has 32 heavy (non-hydrogen) atoms. The number of thiazole rings is 1. The van der Waals surface area contributed by atoms with Crippen LogP contribution in [0.4, 0.5) is 11.0 Å². The number of hydrazone groups is 1. The Morgan fingerprint density at radius 2 is 2.03 bits per heavy atom. The van der Waals surface area contributed by atoms with Gasteiger partial charge in [0.05, 0.1) is 29.6 Å². The summed E-state index contributed by atoms with van der Waals surface area (Å²) >= 11 is 1.26. The number of nitrogens with zero attached hydrogens (tertiary/aromatic N) is 4. The van der Waals surface area contributed by atoms with Crippen LogP contribution in [-0.2, 0) is 4.79 Å². The molecule has 0 bridgehead atoms. The summed E-state index contributed by atoms with van der Waals surface area (Å²) in [4.78, 5) is 27.7. The average Bonchev–Trinajstić information content (AvgIpc) is 3.45. The van der Waals surface area contributed by atoms with Crippen LogP contribution in [0.2, 0.25) is 0 Å². The van der Waals surface area contributed by atoms with Gasteiger partial charge in [-0.25, -0.2) is 4.98 Å². The molecule has 4 aromatic rings. The zero-order chi connectivity index (χ0) is 22.5. The fourth-order valence-electron chi connectivity index (χ4n) is 2.74. The van der Waals surface area contributed by atoms with E-state index in [-0.39, 0.29) is 5.76 Å². The van der Waals surface area contributed by atoms with Crippen molar-refractivity contribution in [3.05, 3.63) is 88.2 Å². The topological polar surface area (TPSA) is 111 Å². The molecule has 1 amide bonds. The monoisotopic (exact) mass is 448 g/mol. The highest BCUT2D eigenvalue weighted by Gasteiger charge is 2.18. The smallest absolute Gasteiger partial charge is 0.433 e. The quantitative estimate of drug-likeness (QED) is 0.172. The van der Waals surface area contributed by atoms with Gasteiger partial charge in [0, 0.05) is 6.08 Å². The van der Waals surface area contributed by atoms with Crippen LogP contribution < -0.4 is 9.75 Å². The lowest BCUT2D eigenvalue weighted by atomic mass is 10.2. The van der Waals surface area contributed by atoms with Crippen molar-refractivity contribution in [1.29, 1.82) is 0 Å². The van der Waals surface area contributed by atoms with E-state index < -0.39 is 16.7 Å². The van der Waals surface area contributed by atoms with E-state index in [2.05, 4.69) is 10.1 Å². The zero-order valence-corrected chi connectivity index (χ0v) is 17.6. The molecule has 2 aromatic heterocycles. The first kappa shape index (κ1) is 20.9. The minimum Gasteiger partial charge on any atom is -0.497 e. The molecular formula is C22H16N4O5S. The molecule has 0 aliphatic rings. The fraction of sp³-hybridized carbons (Fsp3) is 0.0455. The Balaban J connectivity index is 1.68. The highest BCUT2D eigenvalue weighted by molar-refractivity contribution is 7.22. The van der Waals surface area contributed by atoms with Crippen LogP contribution in [0.15, 0.2) is 76.3 Å². The van der Waals surface area contributed by atoms with Gasteiger partial charge in [0.1, 0.15) is 10.7 Å². The number of hydrogen-bond acceptors (Lipinski definition) is 8. The predicted octanol–water partition coefficient (Wildman–Crippen LogP) is 4.89. The van der Waals surface area contributed by atoms with Crippen molar-refractivity contribution < 1.29 is 18.9 Å². The van der Waals surface area contributed by atoms with Crippen LogP contribution in [0.5, 0.6) is 5.75 Å². The molecule has 0 saturated carbocycles. The zero-order valence-electron chi connectivity index (χ0n) is 16.7. The molecule has 0 spiro atoms. The molecule has 0 saturated heterocycles. The third-order valence-electron chi connectivity index (χ3n) is 4.29. The second kappa shape index (κ2) is 9.23. The summed E-state index contributed by atoms with van der Waals surface area (Å²) < 4.78 is 11.1. The standard InChI is InChI=1S/C22H16N4O5S/c1-30-16-8-10-18-19(13-16)32-22(24-18)25(20(27)11-7-15-5-3-2-4-6-15)23-14-17-9-12-21(31-17)26(28)29/h2-14H,1H3/b11-7+,23-14+. The summed E-state index contributed by atoms with van der Waals surface area (Å²) in [5.74, 6) is -0.0668. The van der Waals surface area contributed by atoms with E-state index in [9.17, 15) is 14.9 Å². The first-order valence-corrected chi connectivity index (χ1v) is 10.1. The molecule has 9 nitrogen and oxygen atoms in total. The second-order valence-corrected chi connectivity index (χ2v) is 7.41. The molecule has 10 heteroatoms. The van der Waals surface area contributed by atoms with Gasteiger partial charge in [0.25, 0.3) is 5.91 Å². The van der Waals surface area contributed by atoms with Crippen LogP contribution in [0.25, 0.3) is 16.3 Å².